The molecule has 1 aliphatic heterocycles. The highest BCUT2D eigenvalue weighted by molar-refractivity contribution is 5.75. The predicted octanol–water partition coefficient (Wildman–Crippen LogP) is 0.794. The molecule has 0 spiro atoms. The van der Waals surface area contributed by atoms with Crippen molar-refractivity contribution in [3.63, 3.8) is 0 Å². The summed E-state index contributed by atoms with van der Waals surface area (Å²) in [5.41, 5.74) is 0. The Morgan fingerprint density at radius 3 is 2.39 bits per heavy atom. The number of nitrogens with one attached hydrogen (secondary N) is 1. The zero-order valence-electron chi connectivity index (χ0n) is 10.9. The van der Waals surface area contributed by atoms with Gasteiger partial charge in [-0.3, -0.25) is 0 Å². The van der Waals surface area contributed by atoms with Crippen LogP contribution in [0.1, 0.15) is 39.5 Å². The fourth-order valence-electron chi connectivity index (χ4n) is 2.35. The van der Waals surface area contributed by atoms with Gasteiger partial charge in [-0.1, -0.05) is 0 Å². The maximum Gasteiger partial charge on any atom is 0.332 e. The van der Waals surface area contributed by atoms with Gasteiger partial charge in [-0.05, 0) is 33.1 Å². The lowest BCUT2D eigenvalue weighted by Crippen LogP contribution is -2.52. The Kier molecular flexibility index (Phi) is 5.40. The summed E-state index contributed by atoms with van der Waals surface area (Å²) in [6.45, 7) is 4.20. The molecule has 2 unspecified atom stereocenters. The Balaban J connectivity index is 2.37. The number of carbonyl (C=O) groups excluding carboxylic acids is 1. The molecule has 2 amide bonds. The van der Waals surface area contributed by atoms with Crippen molar-refractivity contribution in [1.82, 2.24) is 10.2 Å². The van der Waals surface area contributed by atoms with Crippen molar-refractivity contribution in [2.45, 2.75) is 57.7 Å². The molecule has 3 atom stereocenters. The van der Waals surface area contributed by atoms with E-state index in [9.17, 15) is 9.59 Å². The number of aliphatic hydroxyl groups is 1. The van der Waals surface area contributed by atoms with E-state index in [0.717, 1.165) is 19.3 Å². The molecule has 1 saturated heterocycles. The largest absolute Gasteiger partial charge is 0.479 e. The summed E-state index contributed by atoms with van der Waals surface area (Å²) in [5.74, 6) is -1.26. The van der Waals surface area contributed by atoms with Crippen molar-refractivity contribution in [2.75, 3.05) is 6.54 Å². The summed E-state index contributed by atoms with van der Waals surface area (Å²) in [6.07, 6.45) is 1.73. The third-order valence-corrected chi connectivity index (χ3v) is 3.41. The van der Waals surface area contributed by atoms with E-state index in [1.54, 1.807) is 4.90 Å². The van der Waals surface area contributed by atoms with Crippen LogP contribution in [0.15, 0.2) is 0 Å². The quantitative estimate of drug-likeness (QED) is 0.695. The minimum Gasteiger partial charge on any atom is -0.479 e. The molecule has 0 bridgehead atoms. The highest BCUT2D eigenvalue weighted by Crippen LogP contribution is 2.22. The second kappa shape index (κ2) is 6.58. The van der Waals surface area contributed by atoms with Gasteiger partial charge in [0, 0.05) is 25.0 Å². The molecule has 3 N–H and O–H groups in total. The van der Waals surface area contributed by atoms with E-state index in [2.05, 4.69) is 5.32 Å². The molecule has 0 radical (unpaired) electrons. The fraction of sp³-hybridized carbons (Fsp3) is 0.833. The SMILES string of the molecule is CC1CCCC(C)N1C(=O)NCC[C@H](O)C(=O)O. The van der Waals surface area contributed by atoms with Crippen LogP contribution < -0.4 is 5.32 Å². The van der Waals surface area contributed by atoms with E-state index >= 15 is 0 Å². The van der Waals surface area contributed by atoms with Crippen LogP contribution in [0.2, 0.25) is 0 Å². The first-order chi connectivity index (χ1) is 8.43. The van der Waals surface area contributed by atoms with Crippen LogP contribution in [0.5, 0.6) is 0 Å². The zero-order valence-corrected chi connectivity index (χ0v) is 10.9. The van der Waals surface area contributed by atoms with Gasteiger partial charge in [0.2, 0.25) is 0 Å². The molecule has 1 heterocycles. The Morgan fingerprint density at radius 2 is 1.89 bits per heavy atom. The van der Waals surface area contributed by atoms with Crippen LogP contribution in [0, 0.1) is 0 Å². The van der Waals surface area contributed by atoms with Crippen molar-refractivity contribution in [3.8, 4) is 0 Å². The van der Waals surface area contributed by atoms with Crippen LogP contribution in [-0.4, -0.2) is 51.8 Å². The molecule has 0 aromatic carbocycles. The average Bonchev–Trinajstić information content (AvgIpc) is 2.28. The minimum absolute atomic E-state index is 0.0255. The third-order valence-electron chi connectivity index (χ3n) is 3.41. The molecule has 104 valence electrons. The summed E-state index contributed by atoms with van der Waals surface area (Å²) in [4.78, 5) is 24.2. The number of hydrogen-bond acceptors (Lipinski definition) is 3. The number of carboxylic acid groups (broad SMARTS) is 1. The predicted molar refractivity (Wildman–Crippen MR) is 66.3 cm³/mol. The van der Waals surface area contributed by atoms with Gasteiger partial charge in [0.25, 0.3) is 0 Å². The first-order valence-electron chi connectivity index (χ1n) is 6.40. The normalized spacial score (nSPS) is 25.6. The molecule has 18 heavy (non-hydrogen) atoms. The van der Waals surface area contributed by atoms with Crippen LogP contribution in [0.25, 0.3) is 0 Å². The number of rotatable bonds is 4. The van der Waals surface area contributed by atoms with Crippen molar-refractivity contribution in [2.24, 2.45) is 0 Å². The second-order valence-corrected chi connectivity index (χ2v) is 4.91. The first kappa shape index (κ1) is 14.8. The van der Waals surface area contributed by atoms with E-state index in [-0.39, 0.29) is 31.1 Å². The van der Waals surface area contributed by atoms with Crippen molar-refractivity contribution in [1.29, 1.82) is 0 Å². The monoisotopic (exact) mass is 258 g/mol. The lowest BCUT2D eigenvalue weighted by molar-refractivity contribution is -0.146. The number of carboxylic acids is 1. The summed E-state index contributed by atoms with van der Waals surface area (Å²) in [6, 6.07) is 0.239. The minimum atomic E-state index is -1.42. The number of aliphatic hydroxyl groups excluding tert-OH is 1. The smallest absolute Gasteiger partial charge is 0.332 e. The fourth-order valence-corrected chi connectivity index (χ4v) is 2.35. The number of urea groups is 1. The molecule has 0 saturated carbocycles. The van der Waals surface area contributed by atoms with E-state index < -0.39 is 12.1 Å². The number of aliphatic carboxylic acids is 1. The number of carbonyl (C=O) groups is 2. The highest BCUT2D eigenvalue weighted by atomic mass is 16.4. The number of hydrogen-bond donors (Lipinski definition) is 3. The van der Waals surface area contributed by atoms with Gasteiger partial charge in [0.1, 0.15) is 0 Å². The standard InChI is InChI=1S/C12H22N2O4/c1-8-4-3-5-9(2)14(8)12(18)13-7-6-10(15)11(16)17/h8-10,15H,3-7H2,1-2H3,(H,13,18)(H,16,17)/t8?,9?,10-/m0/s1. The van der Waals surface area contributed by atoms with Crippen LogP contribution in [0.4, 0.5) is 4.79 Å². The average molecular weight is 258 g/mol. The summed E-state index contributed by atoms with van der Waals surface area (Å²) in [7, 11) is 0. The van der Waals surface area contributed by atoms with Crippen molar-refractivity contribution >= 4 is 12.0 Å². The van der Waals surface area contributed by atoms with E-state index in [4.69, 9.17) is 10.2 Å². The summed E-state index contributed by atoms with van der Waals surface area (Å²) in [5, 5.41) is 20.3. The Labute approximate surface area is 107 Å². The molecule has 1 aliphatic rings. The van der Waals surface area contributed by atoms with Gasteiger partial charge in [0.15, 0.2) is 6.10 Å². The maximum atomic E-state index is 12.0. The van der Waals surface area contributed by atoms with Gasteiger partial charge < -0.3 is 20.4 Å². The van der Waals surface area contributed by atoms with Crippen LogP contribution in [-0.2, 0) is 4.79 Å². The molecular formula is C12H22N2O4. The summed E-state index contributed by atoms with van der Waals surface area (Å²) >= 11 is 0. The van der Waals surface area contributed by atoms with Gasteiger partial charge in [-0.15, -0.1) is 0 Å². The number of piperidine rings is 1. The van der Waals surface area contributed by atoms with E-state index in [1.807, 2.05) is 13.8 Å². The lowest BCUT2D eigenvalue weighted by atomic mass is 9.98. The first-order valence-corrected chi connectivity index (χ1v) is 6.40. The van der Waals surface area contributed by atoms with Crippen molar-refractivity contribution < 1.29 is 19.8 Å². The third kappa shape index (κ3) is 3.87. The Hall–Kier alpha value is -1.30. The highest BCUT2D eigenvalue weighted by Gasteiger charge is 2.28. The lowest BCUT2D eigenvalue weighted by Gasteiger charge is -2.38. The molecule has 0 aliphatic carbocycles. The van der Waals surface area contributed by atoms with Crippen LogP contribution >= 0.6 is 0 Å². The van der Waals surface area contributed by atoms with Crippen molar-refractivity contribution in [3.05, 3.63) is 0 Å². The Bertz CT molecular complexity index is 298. The van der Waals surface area contributed by atoms with Crippen LogP contribution in [0.3, 0.4) is 0 Å². The van der Waals surface area contributed by atoms with Gasteiger partial charge in [-0.25, -0.2) is 9.59 Å². The molecule has 1 fully saturated rings. The zero-order chi connectivity index (χ0) is 13.7. The molecule has 1 rings (SSSR count). The van der Waals surface area contributed by atoms with Gasteiger partial charge in [0.05, 0.1) is 0 Å². The molecule has 6 heteroatoms. The molecule has 6 nitrogen and oxygen atoms in total. The topological polar surface area (TPSA) is 89.9 Å². The Morgan fingerprint density at radius 1 is 1.33 bits per heavy atom. The second-order valence-electron chi connectivity index (χ2n) is 4.91. The van der Waals surface area contributed by atoms with E-state index in [0.29, 0.717) is 0 Å². The molecule has 0 aromatic heterocycles. The van der Waals surface area contributed by atoms with E-state index in [1.165, 1.54) is 0 Å². The number of amides is 2. The molecule has 0 aromatic rings. The van der Waals surface area contributed by atoms with Gasteiger partial charge in [-0.2, -0.15) is 0 Å². The van der Waals surface area contributed by atoms with Gasteiger partial charge >= 0.3 is 12.0 Å². The number of nitrogens with zero attached hydrogens (tertiary/aromatic N) is 1. The maximum absolute atomic E-state index is 12.0. The summed E-state index contributed by atoms with van der Waals surface area (Å²) < 4.78 is 0. The number of likely N-dealkylation sites (tertiary alicyclic amines) is 1. The molecular weight excluding hydrogens is 236 g/mol.